The summed E-state index contributed by atoms with van der Waals surface area (Å²) >= 11 is 3.11. The number of fused-ring (bicyclic) bond motifs is 1. The first-order valence-electron chi connectivity index (χ1n) is 5.86. The van der Waals surface area contributed by atoms with Crippen molar-refractivity contribution >= 4 is 32.7 Å². The van der Waals surface area contributed by atoms with Crippen LogP contribution in [0.1, 0.15) is 17.4 Å². The van der Waals surface area contributed by atoms with Crippen molar-refractivity contribution < 1.29 is 14.3 Å². The third-order valence-corrected chi connectivity index (χ3v) is 3.88. The summed E-state index contributed by atoms with van der Waals surface area (Å²) in [4.78, 5) is 16.6. The Balaban J connectivity index is 1.94. The van der Waals surface area contributed by atoms with Crippen LogP contribution in [0.25, 0.3) is 10.9 Å². The first-order chi connectivity index (χ1) is 8.87. The minimum Gasteiger partial charge on any atom is -0.386 e. The summed E-state index contributed by atoms with van der Waals surface area (Å²) in [5, 5.41) is 10.0. The lowest BCUT2D eigenvalue weighted by atomic mass is 9.96. The Morgan fingerprint density at radius 3 is 2.84 bits per heavy atom. The zero-order chi connectivity index (χ0) is 13.8. The average Bonchev–Trinajstić information content (AvgIpc) is 2.74. The van der Waals surface area contributed by atoms with E-state index in [-0.39, 0.29) is 11.7 Å². The SMILES string of the molecule is CC1(O)CN(C(=O)c2cc3c(F)c(Br)ccc3[nH]2)C1. The van der Waals surface area contributed by atoms with Crippen LogP contribution in [-0.4, -0.2) is 39.6 Å². The molecule has 19 heavy (non-hydrogen) atoms. The predicted octanol–water partition coefficient (Wildman–Crippen LogP) is 2.28. The number of β-amino-alcohol motifs (C(OH)–C–C–N with tert-alkyl or cyclic N) is 1. The number of H-pyrrole nitrogens is 1. The topological polar surface area (TPSA) is 56.3 Å². The van der Waals surface area contributed by atoms with Crippen molar-refractivity contribution in [2.24, 2.45) is 0 Å². The molecule has 2 N–H and O–H groups in total. The van der Waals surface area contributed by atoms with Crippen LogP contribution in [-0.2, 0) is 0 Å². The van der Waals surface area contributed by atoms with Gasteiger partial charge in [0.2, 0.25) is 0 Å². The second-order valence-electron chi connectivity index (χ2n) is 5.16. The van der Waals surface area contributed by atoms with Gasteiger partial charge in [-0.15, -0.1) is 0 Å². The van der Waals surface area contributed by atoms with Crippen molar-refractivity contribution in [1.82, 2.24) is 9.88 Å². The standard InChI is InChI=1S/C13H12BrFN2O2/c1-13(19)5-17(6-13)12(18)10-4-7-9(16-10)3-2-8(14)11(7)15/h2-4,16,19H,5-6H2,1H3. The molecule has 0 saturated carbocycles. The minimum absolute atomic E-state index is 0.224. The first-order valence-corrected chi connectivity index (χ1v) is 6.65. The summed E-state index contributed by atoms with van der Waals surface area (Å²) < 4.78 is 14.2. The molecule has 6 heteroatoms. The minimum atomic E-state index is -0.810. The predicted molar refractivity (Wildman–Crippen MR) is 72.5 cm³/mol. The first kappa shape index (κ1) is 12.6. The van der Waals surface area contributed by atoms with Crippen LogP contribution in [0.4, 0.5) is 4.39 Å². The molecule has 100 valence electrons. The smallest absolute Gasteiger partial charge is 0.270 e. The zero-order valence-electron chi connectivity index (χ0n) is 10.2. The van der Waals surface area contributed by atoms with E-state index >= 15 is 0 Å². The molecule has 1 aliphatic heterocycles. The van der Waals surface area contributed by atoms with Gasteiger partial charge < -0.3 is 15.0 Å². The van der Waals surface area contributed by atoms with Crippen molar-refractivity contribution in [3.63, 3.8) is 0 Å². The Morgan fingerprint density at radius 1 is 1.53 bits per heavy atom. The highest BCUT2D eigenvalue weighted by molar-refractivity contribution is 9.10. The Kier molecular flexibility index (Phi) is 2.69. The number of amides is 1. The molecule has 3 rings (SSSR count). The van der Waals surface area contributed by atoms with Gasteiger partial charge in [-0.05, 0) is 41.1 Å². The lowest BCUT2D eigenvalue weighted by molar-refractivity contribution is -0.0670. The van der Waals surface area contributed by atoms with E-state index < -0.39 is 5.60 Å². The van der Waals surface area contributed by atoms with Gasteiger partial charge in [0.05, 0.1) is 23.2 Å². The fourth-order valence-electron chi connectivity index (χ4n) is 2.35. The van der Waals surface area contributed by atoms with Crippen molar-refractivity contribution in [3.8, 4) is 0 Å². The van der Waals surface area contributed by atoms with Crippen LogP contribution < -0.4 is 0 Å². The van der Waals surface area contributed by atoms with Gasteiger partial charge >= 0.3 is 0 Å². The van der Waals surface area contributed by atoms with Crippen LogP contribution in [0.3, 0.4) is 0 Å². The van der Waals surface area contributed by atoms with Gasteiger partial charge in [0.25, 0.3) is 5.91 Å². The molecule has 0 radical (unpaired) electrons. The number of halogens is 2. The molecule has 0 bridgehead atoms. The van der Waals surface area contributed by atoms with Gasteiger partial charge in [-0.3, -0.25) is 4.79 Å². The Hall–Kier alpha value is -1.40. The Morgan fingerprint density at radius 2 is 2.21 bits per heavy atom. The highest BCUT2D eigenvalue weighted by atomic mass is 79.9. The van der Waals surface area contributed by atoms with Crippen molar-refractivity contribution in [3.05, 3.63) is 34.2 Å². The van der Waals surface area contributed by atoms with E-state index in [1.54, 1.807) is 19.1 Å². The lowest BCUT2D eigenvalue weighted by Crippen LogP contribution is -2.61. The lowest BCUT2D eigenvalue weighted by Gasteiger charge is -2.43. The fraction of sp³-hybridized carbons (Fsp3) is 0.308. The molecule has 1 aromatic carbocycles. The molecule has 4 nitrogen and oxygen atoms in total. The van der Waals surface area contributed by atoms with E-state index in [4.69, 9.17) is 0 Å². The normalized spacial score (nSPS) is 17.6. The van der Waals surface area contributed by atoms with Crippen LogP contribution >= 0.6 is 15.9 Å². The number of aromatic nitrogens is 1. The largest absolute Gasteiger partial charge is 0.386 e. The molecule has 2 heterocycles. The zero-order valence-corrected chi connectivity index (χ0v) is 11.8. The van der Waals surface area contributed by atoms with E-state index in [2.05, 4.69) is 20.9 Å². The molecule has 1 saturated heterocycles. The molecule has 1 fully saturated rings. The number of hydrogen-bond acceptors (Lipinski definition) is 2. The molecule has 0 aliphatic carbocycles. The number of nitrogens with zero attached hydrogens (tertiary/aromatic N) is 1. The van der Waals surface area contributed by atoms with E-state index in [0.29, 0.717) is 34.2 Å². The van der Waals surface area contributed by atoms with Crippen LogP contribution in [0.15, 0.2) is 22.7 Å². The van der Waals surface area contributed by atoms with Gasteiger partial charge in [0.15, 0.2) is 0 Å². The van der Waals surface area contributed by atoms with E-state index in [1.165, 1.54) is 11.0 Å². The van der Waals surface area contributed by atoms with Gasteiger partial charge in [0.1, 0.15) is 11.5 Å². The molecular formula is C13H12BrFN2O2. The summed E-state index contributed by atoms with van der Waals surface area (Å²) in [6, 6.07) is 4.81. The number of likely N-dealkylation sites (tertiary alicyclic amines) is 1. The molecular weight excluding hydrogens is 315 g/mol. The second-order valence-corrected chi connectivity index (χ2v) is 6.02. The number of benzene rings is 1. The Labute approximate surface area is 117 Å². The summed E-state index contributed by atoms with van der Waals surface area (Å²) in [7, 11) is 0. The van der Waals surface area contributed by atoms with Gasteiger partial charge in [-0.25, -0.2) is 4.39 Å². The van der Waals surface area contributed by atoms with Crippen LogP contribution in [0.5, 0.6) is 0 Å². The molecule has 2 aromatic rings. The quantitative estimate of drug-likeness (QED) is 0.844. The molecule has 1 aromatic heterocycles. The number of carbonyl (C=O) groups excluding carboxylic acids is 1. The summed E-state index contributed by atoms with van der Waals surface area (Å²) in [6.07, 6.45) is 0. The third-order valence-electron chi connectivity index (χ3n) is 3.27. The van der Waals surface area contributed by atoms with Crippen molar-refractivity contribution in [2.45, 2.75) is 12.5 Å². The van der Waals surface area contributed by atoms with E-state index in [9.17, 15) is 14.3 Å². The second kappa shape index (κ2) is 4.05. The van der Waals surface area contributed by atoms with Gasteiger partial charge in [-0.2, -0.15) is 0 Å². The summed E-state index contributed by atoms with van der Waals surface area (Å²) in [6.45, 7) is 2.28. The molecule has 1 aliphatic rings. The van der Waals surface area contributed by atoms with Crippen LogP contribution in [0.2, 0.25) is 0 Å². The van der Waals surface area contributed by atoms with Crippen molar-refractivity contribution in [2.75, 3.05) is 13.1 Å². The fourth-order valence-corrected chi connectivity index (χ4v) is 2.69. The summed E-state index contributed by atoms with van der Waals surface area (Å²) in [5.74, 6) is -0.610. The number of nitrogens with one attached hydrogen (secondary N) is 1. The number of carbonyl (C=O) groups is 1. The maximum absolute atomic E-state index is 13.9. The Bertz CT molecular complexity index is 673. The van der Waals surface area contributed by atoms with Crippen LogP contribution in [0, 0.1) is 5.82 Å². The summed E-state index contributed by atoms with van der Waals surface area (Å²) in [5.41, 5.74) is 0.106. The number of aromatic amines is 1. The average molecular weight is 327 g/mol. The highest BCUT2D eigenvalue weighted by Crippen LogP contribution is 2.27. The number of hydrogen-bond donors (Lipinski definition) is 2. The maximum Gasteiger partial charge on any atom is 0.270 e. The molecule has 0 atom stereocenters. The van der Waals surface area contributed by atoms with E-state index in [1.807, 2.05) is 0 Å². The maximum atomic E-state index is 13.9. The van der Waals surface area contributed by atoms with E-state index in [0.717, 1.165) is 0 Å². The monoisotopic (exact) mass is 326 g/mol. The highest BCUT2D eigenvalue weighted by Gasteiger charge is 2.40. The van der Waals surface area contributed by atoms with Gasteiger partial charge in [0, 0.05) is 10.9 Å². The van der Waals surface area contributed by atoms with Gasteiger partial charge in [-0.1, -0.05) is 0 Å². The number of rotatable bonds is 1. The third kappa shape index (κ3) is 2.04. The molecule has 1 amide bonds. The van der Waals surface area contributed by atoms with Crippen molar-refractivity contribution in [1.29, 1.82) is 0 Å². The molecule has 0 spiro atoms. The molecule has 0 unspecified atom stereocenters. The number of aliphatic hydroxyl groups is 1.